The van der Waals surface area contributed by atoms with Crippen LogP contribution < -0.4 is 5.32 Å². The first-order valence-electron chi connectivity index (χ1n) is 5.88. The minimum atomic E-state index is -0.617. The maximum atomic E-state index is 13.5. The molecule has 0 unspecified atom stereocenters. The SMILES string of the molecule is O=C(CCn1ccc([N+](=O)[O-])n1)Nc1ccc(Br)cc1F. The van der Waals surface area contributed by atoms with Crippen LogP contribution in [-0.2, 0) is 11.3 Å². The molecule has 1 aromatic carbocycles. The summed E-state index contributed by atoms with van der Waals surface area (Å²) in [6, 6.07) is 5.53. The monoisotopic (exact) mass is 356 g/mol. The largest absolute Gasteiger partial charge is 0.389 e. The van der Waals surface area contributed by atoms with Gasteiger partial charge in [-0.15, -0.1) is 0 Å². The molecule has 1 aromatic heterocycles. The smallest absolute Gasteiger partial charge is 0.358 e. The third-order valence-electron chi connectivity index (χ3n) is 2.59. The lowest BCUT2D eigenvalue weighted by Crippen LogP contribution is -2.15. The molecule has 0 saturated carbocycles. The first-order chi connectivity index (χ1) is 9.95. The number of rotatable bonds is 5. The molecule has 21 heavy (non-hydrogen) atoms. The fourth-order valence-electron chi connectivity index (χ4n) is 1.59. The Hall–Kier alpha value is -2.29. The van der Waals surface area contributed by atoms with Crippen LogP contribution in [0.3, 0.4) is 0 Å². The summed E-state index contributed by atoms with van der Waals surface area (Å²) in [5.41, 5.74) is 0.0784. The van der Waals surface area contributed by atoms with Gasteiger partial charge in [0, 0.05) is 10.9 Å². The maximum Gasteiger partial charge on any atom is 0.389 e. The molecule has 1 heterocycles. The van der Waals surface area contributed by atoms with E-state index in [1.54, 1.807) is 6.07 Å². The van der Waals surface area contributed by atoms with Crippen LogP contribution in [0.4, 0.5) is 15.9 Å². The van der Waals surface area contributed by atoms with E-state index in [1.807, 2.05) is 0 Å². The lowest BCUT2D eigenvalue weighted by Gasteiger charge is -2.06. The first-order valence-corrected chi connectivity index (χ1v) is 6.68. The van der Waals surface area contributed by atoms with E-state index in [2.05, 4.69) is 26.3 Å². The summed E-state index contributed by atoms with van der Waals surface area (Å²) in [7, 11) is 0. The van der Waals surface area contributed by atoms with Crippen molar-refractivity contribution in [3.63, 3.8) is 0 Å². The maximum absolute atomic E-state index is 13.5. The Balaban J connectivity index is 1.91. The summed E-state index contributed by atoms with van der Waals surface area (Å²) >= 11 is 3.12. The van der Waals surface area contributed by atoms with E-state index in [9.17, 15) is 19.3 Å². The van der Waals surface area contributed by atoms with Crippen LogP contribution in [0.15, 0.2) is 34.9 Å². The number of benzene rings is 1. The lowest BCUT2D eigenvalue weighted by atomic mass is 10.3. The number of aryl methyl sites for hydroxylation is 1. The van der Waals surface area contributed by atoms with E-state index < -0.39 is 16.6 Å². The fraction of sp³-hybridized carbons (Fsp3) is 0.167. The molecule has 7 nitrogen and oxygen atoms in total. The molecule has 2 aromatic rings. The number of amides is 1. The molecular weight excluding hydrogens is 347 g/mol. The number of carbonyl (C=O) groups is 1. The van der Waals surface area contributed by atoms with Crippen LogP contribution in [-0.4, -0.2) is 20.6 Å². The van der Waals surface area contributed by atoms with Crippen molar-refractivity contribution in [3.05, 3.63) is 50.9 Å². The third-order valence-corrected chi connectivity index (χ3v) is 3.08. The molecule has 2 rings (SSSR count). The van der Waals surface area contributed by atoms with Crippen molar-refractivity contribution in [2.24, 2.45) is 0 Å². The van der Waals surface area contributed by atoms with Gasteiger partial charge in [0.1, 0.15) is 5.82 Å². The van der Waals surface area contributed by atoms with Crippen LogP contribution in [0.25, 0.3) is 0 Å². The van der Waals surface area contributed by atoms with Crippen molar-refractivity contribution in [3.8, 4) is 0 Å². The van der Waals surface area contributed by atoms with Crippen LogP contribution in [0.2, 0.25) is 0 Å². The predicted octanol–water partition coefficient (Wildman–Crippen LogP) is 2.72. The number of carbonyl (C=O) groups excluding carboxylic acids is 1. The highest BCUT2D eigenvalue weighted by Gasteiger charge is 2.12. The van der Waals surface area contributed by atoms with Crippen LogP contribution in [0.5, 0.6) is 0 Å². The number of hydrogen-bond donors (Lipinski definition) is 1. The molecule has 0 radical (unpaired) electrons. The number of aromatic nitrogens is 2. The Labute approximate surface area is 127 Å². The van der Waals surface area contributed by atoms with Gasteiger partial charge >= 0.3 is 5.82 Å². The van der Waals surface area contributed by atoms with Gasteiger partial charge in [0.25, 0.3) is 0 Å². The summed E-state index contributed by atoms with van der Waals surface area (Å²) in [6.45, 7) is 0.165. The Kier molecular flexibility index (Phi) is 4.63. The third kappa shape index (κ3) is 4.09. The second-order valence-corrected chi connectivity index (χ2v) is 5.03. The van der Waals surface area contributed by atoms with Gasteiger partial charge in [-0.2, -0.15) is 4.68 Å². The van der Waals surface area contributed by atoms with Crippen molar-refractivity contribution in [2.45, 2.75) is 13.0 Å². The zero-order valence-electron chi connectivity index (χ0n) is 10.6. The molecule has 0 fully saturated rings. The van der Waals surface area contributed by atoms with Crippen molar-refractivity contribution in [1.29, 1.82) is 0 Å². The second-order valence-electron chi connectivity index (χ2n) is 4.12. The predicted molar refractivity (Wildman–Crippen MR) is 76.2 cm³/mol. The highest BCUT2D eigenvalue weighted by Crippen LogP contribution is 2.19. The summed E-state index contributed by atoms with van der Waals surface area (Å²) in [6.07, 6.45) is 1.43. The van der Waals surface area contributed by atoms with Crippen LogP contribution >= 0.6 is 15.9 Å². The highest BCUT2D eigenvalue weighted by atomic mass is 79.9. The van der Waals surface area contributed by atoms with E-state index in [-0.39, 0.29) is 24.5 Å². The van der Waals surface area contributed by atoms with Gasteiger partial charge in [0.15, 0.2) is 0 Å². The van der Waals surface area contributed by atoms with E-state index in [0.717, 1.165) is 0 Å². The summed E-state index contributed by atoms with van der Waals surface area (Å²) < 4.78 is 15.4. The van der Waals surface area contributed by atoms with Gasteiger partial charge in [-0.3, -0.25) is 4.79 Å². The van der Waals surface area contributed by atoms with Crippen LogP contribution in [0.1, 0.15) is 6.42 Å². The normalized spacial score (nSPS) is 10.4. The van der Waals surface area contributed by atoms with Gasteiger partial charge in [-0.25, -0.2) is 4.39 Å². The summed E-state index contributed by atoms with van der Waals surface area (Å²) in [5, 5.41) is 16.6. The lowest BCUT2D eigenvalue weighted by molar-refractivity contribution is -0.389. The van der Waals surface area contributed by atoms with Crippen LogP contribution in [0, 0.1) is 15.9 Å². The number of nitrogens with zero attached hydrogens (tertiary/aromatic N) is 3. The van der Waals surface area contributed by atoms with Crippen molar-refractivity contribution in [2.75, 3.05) is 5.32 Å². The van der Waals surface area contributed by atoms with E-state index in [0.29, 0.717) is 4.47 Å². The molecule has 9 heteroatoms. The molecule has 0 aliphatic rings. The molecule has 0 bridgehead atoms. The number of halogens is 2. The first kappa shape index (κ1) is 15.1. The number of nitro groups is 1. The fourth-order valence-corrected chi connectivity index (χ4v) is 1.93. The summed E-state index contributed by atoms with van der Waals surface area (Å²) in [5.74, 6) is -1.24. The van der Waals surface area contributed by atoms with Gasteiger partial charge in [0.2, 0.25) is 5.91 Å². The molecule has 0 atom stereocenters. The average molecular weight is 357 g/mol. The summed E-state index contributed by atoms with van der Waals surface area (Å²) in [4.78, 5) is 21.5. The standard InChI is InChI=1S/C12H10BrFN4O3/c13-8-1-2-10(9(14)7-8)15-12(19)4-6-17-5-3-11(16-17)18(20)21/h1-3,5,7H,4,6H2,(H,15,19). The molecule has 1 N–H and O–H groups in total. The zero-order valence-corrected chi connectivity index (χ0v) is 12.2. The Morgan fingerprint density at radius 2 is 2.24 bits per heavy atom. The molecular formula is C12H10BrFN4O3. The number of hydrogen-bond acceptors (Lipinski definition) is 4. The van der Waals surface area contributed by atoms with Crippen molar-refractivity contribution < 1.29 is 14.1 Å². The van der Waals surface area contributed by atoms with Crippen molar-refractivity contribution in [1.82, 2.24) is 9.78 Å². The minimum Gasteiger partial charge on any atom is -0.358 e. The Morgan fingerprint density at radius 3 is 2.86 bits per heavy atom. The second kappa shape index (κ2) is 6.44. The van der Waals surface area contributed by atoms with Crippen molar-refractivity contribution >= 4 is 33.3 Å². The van der Waals surface area contributed by atoms with Gasteiger partial charge in [0.05, 0.1) is 29.6 Å². The quantitative estimate of drug-likeness (QED) is 0.658. The Morgan fingerprint density at radius 1 is 1.48 bits per heavy atom. The molecule has 0 aliphatic carbocycles. The molecule has 0 aliphatic heterocycles. The molecule has 0 spiro atoms. The minimum absolute atomic E-state index is 0.0222. The van der Waals surface area contributed by atoms with E-state index in [4.69, 9.17) is 0 Å². The molecule has 110 valence electrons. The zero-order chi connectivity index (χ0) is 15.4. The van der Waals surface area contributed by atoms with Gasteiger partial charge in [-0.05, 0) is 23.1 Å². The molecule has 0 saturated heterocycles. The van der Waals surface area contributed by atoms with E-state index >= 15 is 0 Å². The van der Waals surface area contributed by atoms with Gasteiger partial charge < -0.3 is 15.4 Å². The molecule has 1 amide bonds. The Bertz CT molecular complexity index is 689. The number of nitrogens with one attached hydrogen (secondary N) is 1. The topological polar surface area (TPSA) is 90.1 Å². The van der Waals surface area contributed by atoms with E-state index in [1.165, 1.54) is 29.1 Å². The van der Waals surface area contributed by atoms with Gasteiger partial charge in [-0.1, -0.05) is 15.9 Å². The number of anilines is 1. The highest BCUT2D eigenvalue weighted by molar-refractivity contribution is 9.10. The average Bonchev–Trinajstić information content (AvgIpc) is 2.89.